The highest BCUT2D eigenvalue weighted by atomic mass is 16.6. The van der Waals surface area contributed by atoms with Gasteiger partial charge in [0.05, 0.1) is 13.2 Å². The van der Waals surface area contributed by atoms with Crippen LogP contribution < -0.4 is 0 Å². The molecule has 0 rings (SSSR count). The van der Waals surface area contributed by atoms with Gasteiger partial charge in [-0.1, -0.05) is 20.3 Å². The number of carbonyl (C=O) groups excluding carboxylic acids is 1. The van der Waals surface area contributed by atoms with Gasteiger partial charge < -0.3 is 14.4 Å². The molecule has 0 aliphatic rings. The third kappa shape index (κ3) is 8.68. The van der Waals surface area contributed by atoms with Crippen molar-refractivity contribution < 1.29 is 14.3 Å². The van der Waals surface area contributed by atoms with Crippen LogP contribution in [0.4, 0.5) is 0 Å². The van der Waals surface area contributed by atoms with Gasteiger partial charge in [-0.3, -0.25) is 0 Å². The third-order valence-electron chi connectivity index (χ3n) is 2.46. The number of hydrogen-bond acceptors (Lipinski definition) is 4. The predicted octanol–water partition coefficient (Wildman–Crippen LogP) is 1.54. The van der Waals surface area contributed by atoms with Gasteiger partial charge in [-0.2, -0.15) is 0 Å². The number of carbonyl (C=O) groups is 1. The minimum atomic E-state index is -0.285. The van der Waals surface area contributed by atoms with Gasteiger partial charge in [-0.15, -0.1) is 0 Å². The van der Waals surface area contributed by atoms with Crippen molar-refractivity contribution in [3.05, 3.63) is 0 Å². The normalized spacial score (nSPS) is 12.8. The summed E-state index contributed by atoms with van der Waals surface area (Å²) in [6.45, 7) is 9.18. The fraction of sp³-hybridized carbons (Fsp3) is 0.917. The lowest BCUT2D eigenvalue weighted by Crippen LogP contribution is -2.28. The molecule has 0 saturated carbocycles. The van der Waals surface area contributed by atoms with E-state index < -0.39 is 0 Å². The zero-order valence-electron chi connectivity index (χ0n) is 11.0. The van der Waals surface area contributed by atoms with Crippen molar-refractivity contribution in [1.82, 2.24) is 4.90 Å². The maximum Gasteiger partial charge on any atom is 0.332 e. The molecule has 0 heterocycles. The zero-order valence-corrected chi connectivity index (χ0v) is 11.0. The molecule has 0 N–H and O–H groups in total. The van der Waals surface area contributed by atoms with Gasteiger partial charge in [0.2, 0.25) is 0 Å². The molecular formula is C12H25NO3. The van der Waals surface area contributed by atoms with E-state index in [0.29, 0.717) is 19.1 Å². The van der Waals surface area contributed by atoms with Crippen LogP contribution in [0, 0.1) is 5.92 Å². The molecule has 0 aromatic heterocycles. The second kappa shape index (κ2) is 9.60. The Bertz CT molecular complexity index is 185. The van der Waals surface area contributed by atoms with Crippen molar-refractivity contribution in [3.63, 3.8) is 0 Å². The van der Waals surface area contributed by atoms with Gasteiger partial charge in [-0.05, 0) is 19.9 Å². The summed E-state index contributed by atoms with van der Waals surface area (Å²) in [5, 5.41) is 0. The Labute approximate surface area is 98.9 Å². The van der Waals surface area contributed by atoms with Gasteiger partial charge in [-0.25, -0.2) is 4.79 Å². The van der Waals surface area contributed by atoms with Gasteiger partial charge in [0.25, 0.3) is 0 Å². The van der Waals surface area contributed by atoms with Crippen LogP contribution >= 0.6 is 0 Å². The SMILES string of the molecule is CCOC(=O)COCCN(C)CC(C)CC. The molecular weight excluding hydrogens is 206 g/mol. The molecule has 0 radical (unpaired) electrons. The standard InChI is InChI=1S/C12H25NO3/c1-5-11(3)9-13(4)7-8-15-10-12(14)16-6-2/h11H,5-10H2,1-4H3. The van der Waals surface area contributed by atoms with Crippen LogP contribution in [0.15, 0.2) is 0 Å². The lowest BCUT2D eigenvalue weighted by Gasteiger charge is -2.20. The van der Waals surface area contributed by atoms with E-state index in [0.717, 1.165) is 13.1 Å². The van der Waals surface area contributed by atoms with Crippen LogP contribution in [-0.4, -0.2) is 50.8 Å². The minimum absolute atomic E-state index is 0.0605. The molecule has 4 nitrogen and oxygen atoms in total. The van der Waals surface area contributed by atoms with Gasteiger partial charge >= 0.3 is 5.97 Å². The van der Waals surface area contributed by atoms with Crippen molar-refractivity contribution in [1.29, 1.82) is 0 Å². The fourth-order valence-electron chi connectivity index (χ4n) is 1.33. The van der Waals surface area contributed by atoms with Crippen LogP contribution in [0.5, 0.6) is 0 Å². The Morgan fingerprint density at radius 2 is 2.06 bits per heavy atom. The summed E-state index contributed by atoms with van der Waals surface area (Å²) in [6, 6.07) is 0. The number of likely N-dealkylation sites (N-methyl/N-ethyl adjacent to an activating group) is 1. The van der Waals surface area contributed by atoms with E-state index in [1.807, 2.05) is 0 Å². The van der Waals surface area contributed by atoms with Crippen molar-refractivity contribution in [3.8, 4) is 0 Å². The molecule has 0 aliphatic heterocycles. The predicted molar refractivity (Wildman–Crippen MR) is 64.4 cm³/mol. The first-order valence-corrected chi connectivity index (χ1v) is 6.02. The van der Waals surface area contributed by atoms with Crippen LogP contribution in [-0.2, 0) is 14.3 Å². The van der Waals surface area contributed by atoms with E-state index in [9.17, 15) is 4.79 Å². The quantitative estimate of drug-likeness (QED) is 0.446. The Hall–Kier alpha value is -0.610. The Morgan fingerprint density at radius 1 is 1.38 bits per heavy atom. The average Bonchev–Trinajstić information content (AvgIpc) is 2.24. The van der Waals surface area contributed by atoms with E-state index in [2.05, 4.69) is 25.8 Å². The molecule has 0 bridgehead atoms. The molecule has 1 unspecified atom stereocenters. The molecule has 0 saturated heterocycles. The molecule has 4 heteroatoms. The molecule has 16 heavy (non-hydrogen) atoms. The summed E-state index contributed by atoms with van der Waals surface area (Å²) in [5.74, 6) is 0.419. The van der Waals surface area contributed by atoms with Gasteiger partial charge in [0.15, 0.2) is 0 Å². The highest BCUT2D eigenvalue weighted by Gasteiger charge is 2.05. The summed E-state index contributed by atoms with van der Waals surface area (Å²) < 4.78 is 9.97. The third-order valence-corrected chi connectivity index (χ3v) is 2.46. The number of hydrogen-bond donors (Lipinski definition) is 0. The highest BCUT2D eigenvalue weighted by molar-refractivity contribution is 5.70. The number of esters is 1. The van der Waals surface area contributed by atoms with E-state index in [1.54, 1.807) is 6.92 Å². The van der Waals surface area contributed by atoms with E-state index in [4.69, 9.17) is 9.47 Å². The Morgan fingerprint density at radius 3 is 2.62 bits per heavy atom. The average molecular weight is 231 g/mol. The van der Waals surface area contributed by atoms with Gasteiger partial charge in [0, 0.05) is 13.1 Å². The molecule has 1 atom stereocenters. The number of rotatable bonds is 9. The first-order chi connectivity index (χ1) is 7.60. The molecule has 0 fully saturated rings. The molecule has 96 valence electrons. The first-order valence-electron chi connectivity index (χ1n) is 6.02. The lowest BCUT2D eigenvalue weighted by molar-refractivity contribution is -0.148. The number of nitrogens with zero attached hydrogens (tertiary/aromatic N) is 1. The maximum absolute atomic E-state index is 11.0. The summed E-state index contributed by atoms with van der Waals surface area (Å²) in [7, 11) is 2.07. The topological polar surface area (TPSA) is 38.8 Å². The summed E-state index contributed by atoms with van der Waals surface area (Å²) in [6.07, 6.45) is 1.19. The van der Waals surface area contributed by atoms with Gasteiger partial charge in [0.1, 0.15) is 6.61 Å². The van der Waals surface area contributed by atoms with Crippen molar-refractivity contribution in [2.24, 2.45) is 5.92 Å². The summed E-state index contributed by atoms with van der Waals surface area (Å²) >= 11 is 0. The molecule has 0 spiro atoms. The smallest absolute Gasteiger partial charge is 0.332 e. The van der Waals surface area contributed by atoms with E-state index in [-0.39, 0.29) is 12.6 Å². The highest BCUT2D eigenvalue weighted by Crippen LogP contribution is 2.01. The van der Waals surface area contributed by atoms with Crippen LogP contribution in [0.3, 0.4) is 0 Å². The van der Waals surface area contributed by atoms with Crippen molar-refractivity contribution in [2.45, 2.75) is 27.2 Å². The first kappa shape index (κ1) is 15.4. The zero-order chi connectivity index (χ0) is 12.4. The minimum Gasteiger partial charge on any atom is -0.464 e. The van der Waals surface area contributed by atoms with Crippen molar-refractivity contribution >= 4 is 5.97 Å². The van der Waals surface area contributed by atoms with E-state index >= 15 is 0 Å². The van der Waals surface area contributed by atoms with E-state index in [1.165, 1.54) is 6.42 Å². The fourth-order valence-corrected chi connectivity index (χ4v) is 1.33. The molecule has 0 aliphatic carbocycles. The van der Waals surface area contributed by atoms with Crippen LogP contribution in [0.1, 0.15) is 27.2 Å². The Kier molecular flexibility index (Phi) is 9.24. The monoisotopic (exact) mass is 231 g/mol. The Balaban J connectivity index is 3.40. The maximum atomic E-state index is 11.0. The molecule has 0 amide bonds. The van der Waals surface area contributed by atoms with Crippen LogP contribution in [0.25, 0.3) is 0 Å². The summed E-state index contributed by atoms with van der Waals surface area (Å²) in [4.78, 5) is 13.2. The lowest BCUT2D eigenvalue weighted by atomic mass is 10.1. The van der Waals surface area contributed by atoms with Crippen LogP contribution in [0.2, 0.25) is 0 Å². The molecule has 0 aromatic carbocycles. The molecule has 0 aromatic rings. The summed E-state index contributed by atoms with van der Waals surface area (Å²) in [5.41, 5.74) is 0. The second-order valence-corrected chi connectivity index (χ2v) is 4.13. The second-order valence-electron chi connectivity index (χ2n) is 4.13. The number of ether oxygens (including phenoxy) is 2. The van der Waals surface area contributed by atoms with Crippen molar-refractivity contribution in [2.75, 3.05) is 40.0 Å². The largest absolute Gasteiger partial charge is 0.464 e.